The van der Waals surface area contributed by atoms with Gasteiger partial charge in [-0.1, -0.05) is 11.6 Å². The van der Waals surface area contributed by atoms with Crippen LogP contribution in [0.5, 0.6) is 0 Å². The van der Waals surface area contributed by atoms with Crippen molar-refractivity contribution in [3.8, 4) is 5.82 Å². The fraction of sp³-hybridized carbons (Fsp3) is 0. The minimum atomic E-state index is 0.284. The van der Waals surface area contributed by atoms with Crippen LogP contribution in [0, 0.1) is 0 Å². The van der Waals surface area contributed by atoms with Gasteiger partial charge in [-0.05, 0) is 6.07 Å². The number of carbonyl (C=O) groups is 1. The van der Waals surface area contributed by atoms with Gasteiger partial charge in [-0.2, -0.15) is 5.10 Å². The zero-order valence-corrected chi connectivity index (χ0v) is 7.72. The van der Waals surface area contributed by atoms with E-state index >= 15 is 0 Å². The summed E-state index contributed by atoms with van der Waals surface area (Å²) in [5.74, 6) is 0.516. The largest absolute Gasteiger partial charge is 0.296 e. The molecule has 0 saturated heterocycles. The molecule has 0 aliphatic rings. The summed E-state index contributed by atoms with van der Waals surface area (Å²) < 4.78 is 1.48. The lowest BCUT2D eigenvalue weighted by molar-refractivity contribution is 0.111. The molecular formula is C8H5ClN4O. The minimum Gasteiger partial charge on any atom is -0.296 e. The predicted octanol–water partition coefficient (Wildman–Crippen LogP) is 1.13. The quantitative estimate of drug-likeness (QED) is 0.694. The third-order valence-corrected chi connectivity index (χ3v) is 1.77. The maximum atomic E-state index is 10.3. The van der Waals surface area contributed by atoms with Crippen LogP contribution in [0.3, 0.4) is 0 Å². The first-order valence-corrected chi connectivity index (χ1v) is 4.16. The number of halogens is 1. The summed E-state index contributed by atoms with van der Waals surface area (Å²) in [5.41, 5.74) is 0.284. The second kappa shape index (κ2) is 3.55. The zero-order chi connectivity index (χ0) is 9.97. The molecular weight excluding hydrogens is 204 g/mol. The Hall–Kier alpha value is -1.75. The van der Waals surface area contributed by atoms with Gasteiger partial charge in [0.1, 0.15) is 5.69 Å². The molecule has 2 heterocycles. The molecule has 0 spiro atoms. The summed E-state index contributed by atoms with van der Waals surface area (Å²) in [6.07, 6.45) is 5.12. The average Bonchev–Trinajstić information content (AvgIpc) is 2.65. The van der Waals surface area contributed by atoms with Crippen LogP contribution in [0.1, 0.15) is 10.5 Å². The second-order valence-corrected chi connectivity index (χ2v) is 2.89. The molecule has 0 unspecified atom stereocenters. The number of aldehydes is 1. The Morgan fingerprint density at radius 3 is 2.71 bits per heavy atom. The van der Waals surface area contributed by atoms with E-state index in [0.29, 0.717) is 17.3 Å². The van der Waals surface area contributed by atoms with E-state index in [0.717, 1.165) is 0 Å². The maximum Gasteiger partial charge on any atom is 0.171 e. The Labute approximate surface area is 84.4 Å². The van der Waals surface area contributed by atoms with E-state index < -0.39 is 0 Å². The van der Waals surface area contributed by atoms with Gasteiger partial charge in [-0.3, -0.25) is 4.79 Å². The second-order valence-electron chi connectivity index (χ2n) is 2.50. The van der Waals surface area contributed by atoms with Gasteiger partial charge in [0, 0.05) is 6.20 Å². The van der Waals surface area contributed by atoms with Crippen molar-refractivity contribution in [2.45, 2.75) is 0 Å². The number of rotatable bonds is 2. The van der Waals surface area contributed by atoms with Gasteiger partial charge < -0.3 is 0 Å². The third kappa shape index (κ3) is 1.62. The van der Waals surface area contributed by atoms with E-state index in [4.69, 9.17) is 11.6 Å². The SMILES string of the molecule is O=Cc1cnc(-n2ccc(Cl)n2)cn1. The lowest BCUT2D eigenvalue weighted by Crippen LogP contribution is -2.00. The molecule has 70 valence electrons. The van der Waals surface area contributed by atoms with Crippen molar-refractivity contribution in [3.63, 3.8) is 0 Å². The first-order valence-electron chi connectivity index (χ1n) is 3.78. The Morgan fingerprint density at radius 1 is 1.36 bits per heavy atom. The predicted molar refractivity (Wildman–Crippen MR) is 49.6 cm³/mol. The van der Waals surface area contributed by atoms with E-state index in [2.05, 4.69) is 15.1 Å². The van der Waals surface area contributed by atoms with Crippen LogP contribution >= 0.6 is 11.6 Å². The standard InChI is InChI=1S/C8H5ClN4O/c9-7-1-2-13(12-7)8-4-10-6(5-14)3-11-8/h1-5H. The van der Waals surface area contributed by atoms with Crippen LogP contribution in [0.4, 0.5) is 0 Å². The van der Waals surface area contributed by atoms with Crippen LogP contribution in [-0.2, 0) is 0 Å². The highest BCUT2D eigenvalue weighted by molar-refractivity contribution is 6.29. The van der Waals surface area contributed by atoms with Crippen LogP contribution in [-0.4, -0.2) is 26.0 Å². The van der Waals surface area contributed by atoms with Crippen molar-refractivity contribution < 1.29 is 4.79 Å². The zero-order valence-electron chi connectivity index (χ0n) is 6.96. The summed E-state index contributed by atoms with van der Waals surface area (Å²) in [4.78, 5) is 18.1. The topological polar surface area (TPSA) is 60.7 Å². The number of nitrogens with zero attached hydrogens (tertiary/aromatic N) is 4. The molecule has 14 heavy (non-hydrogen) atoms. The Bertz CT molecular complexity index is 451. The monoisotopic (exact) mass is 208 g/mol. The van der Waals surface area contributed by atoms with Crippen LogP contribution in [0.25, 0.3) is 5.82 Å². The van der Waals surface area contributed by atoms with Gasteiger partial charge in [0.25, 0.3) is 0 Å². The maximum absolute atomic E-state index is 10.3. The van der Waals surface area contributed by atoms with Crippen LogP contribution in [0.2, 0.25) is 5.15 Å². The molecule has 2 rings (SSSR count). The van der Waals surface area contributed by atoms with Crippen molar-refractivity contribution >= 4 is 17.9 Å². The number of aromatic nitrogens is 4. The molecule has 0 amide bonds. The summed E-state index contributed by atoms with van der Waals surface area (Å²) in [7, 11) is 0. The van der Waals surface area contributed by atoms with Crippen molar-refractivity contribution in [2.75, 3.05) is 0 Å². The van der Waals surface area contributed by atoms with E-state index in [1.54, 1.807) is 12.3 Å². The first kappa shape index (κ1) is 8.83. The molecule has 6 heteroatoms. The summed E-state index contributed by atoms with van der Waals surface area (Å²) in [6, 6.07) is 1.64. The highest BCUT2D eigenvalue weighted by atomic mass is 35.5. The fourth-order valence-corrected chi connectivity index (χ4v) is 1.08. The van der Waals surface area contributed by atoms with Gasteiger partial charge in [-0.25, -0.2) is 14.6 Å². The lowest BCUT2D eigenvalue weighted by atomic mass is 10.5. The molecule has 0 radical (unpaired) electrons. The van der Waals surface area contributed by atoms with Crippen molar-refractivity contribution in [3.05, 3.63) is 35.5 Å². The van der Waals surface area contributed by atoms with Gasteiger partial charge >= 0.3 is 0 Å². The molecule has 2 aromatic heterocycles. The highest BCUT2D eigenvalue weighted by Gasteiger charge is 2.00. The first-order chi connectivity index (χ1) is 6.79. The highest BCUT2D eigenvalue weighted by Crippen LogP contribution is 2.06. The van der Waals surface area contributed by atoms with Gasteiger partial charge in [0.2, 0.25) is 0 Å². The molecule has 0 saturated carbocycles. The van der Waals surface area contributed by atoms with Crippen LogP contribution < -0.4 is 0 Å². The van der Waals surface area contributed by atoms with Crippen molar-refractivity contribution in [1.29, 1.82) is 0 Å². The molecule has 0 aliphatic carbocycles. The molecule has 2 aromatic rings. The fourth-order valence-electron chi connectivity index (χ4n) is 0.940. The van der Waals surface area contributed by atoms with Crippen molar-refractivity contribution in [2.24, 2.45) is 0 Å². The number of hydrogen-bond acceptors (Lipinski definition) is 4. The van der Waals surface area contributed by atoms with Gasteiger partial charge in [0.15, 0.2) is 17.3 Å². The molecule has 0 fully saturated rings. The Morgan fingerprint density at radius 2 is 2.21 bits per heavy atom. The summed E-state index contributed by atoms with van der Waals surface area (Å²) >= 11 is 5.63. The van der Waals surface area contributed by atoms with E-state index in [-0.39, 0.29) is 5.69 Å². The third-order valence-electron chi connectivity index (χ3n) is 1.57. The number of carbonyl (C=O) groups excluding carboxylic acids is 1. The minimum absolute atomic E-state index is 0.284. The smallest absolute Gasteiger partial charge is 0.171 e. The lowest BCUT2D eigenvalue weighted by Gasteiger charge is -1.97. The normalized spacial score (nSPS) is 10.1. The molecule has 0 N–H and O–H groups in total. The van der Waals surface area contributed by atoms with Crippen molar-refractivity contribution in [1.82, 2.24) is 19.7 Å². The Kier molecular flexibility index (Phi) is 2.24. The average molecular weight is 209 g/mol. The van der Waals surface area contributed by atoms with E-state index in [9.17, 15) is 4.79 Å². The molecule has 0 aliphatic heterocycles. The summed E-state index contributed by atoms with van der Waals surface area (Å²) in [6.45, 7) is 0. The molecule has 0 bridgehead atoms. The van der Waals surface area contributed by atoms with E-state index in [1.807, 2.05) is 0 Å². The Balaban J connectivity index is 2.38. The summed E-state index contributed by atoms with van der Waals surface area (Å²) in [5, 5.41) is 4.31. The van der Waals surface area contributed by atoms with E-state index in [1.165, 1.54) is 17.1 Å². The van der Waals surface area contributed by atoms with Gasteiger partial charge in [-0.15, -0.1) is 0 Å². The van der Waals surface area contributed by atoms with Gasteiger partial charge in [0.05, 0.1) is 12.4 Å². The molecule has 0 atom stereocenters. The van der Waals surface area contributed by atoms with Crippen LogP contribution in [0.15, 0.2) is 24.7 Å². The molecule has 0 aromatic carbocycles. The molecule has 5 nitrogen and oxygen atoms in total. The number of hydrogen-bond donors (Lipinski definition) is 0.